The lowest BCUT2D eigenvalue weighted by molar-refractivity contribution is 0.0448. The number of carbonyl (C=O) groups excluding carboxylic acids is 1. The van der Waals surface area contributed by atoms with Crippen molar-refractivity contribution < 1.29 is 9.53 Å². The van der Waals surface area contributed by atoms with E-state index in [2.05, 4.69) is 9.97 Å². The molecule has 142 valence electrons. The quantitative estimate of drug-likeness (QED) is 0.849. The van der Waals surface area contributed by atoms with Crippen LogP contribution in [-0.4, -0.2) is 46.6 Å². The lowest BCUT2D eigenvalue weighted by Gasteiger charge is -2.33. The van der Waals surface area contributed by atoms with Crippen molar-refractivity contribution in [3.8, 4) is 11.4 Å². The molecular formula is C21H26N4O2. The zero-order valence-electron chi connectivity index (χ0n) is 15.5. The summed E-state index contributed by atoms with van der Waals surface area (Å²) >= 11 is 0. The van der Waals surface area contributed by atoms with Gasteiger partial charge in [-0.3, -0.25) is 4.79 Å². The van der Waals surface area contributed by atoms with E-state index in [4.69, 9.17) is 10.5 Å². The van der Waals surface area contributed by atoms with Crippen LogP contribution in [0, 0.1) is 5.92 Å². The van der Waals surface area contributed by atoms with Crippen LogP contribution in [0.25, 0.3) is 11.4 Å². The molecule has 0 spiro atoms. The van der Waals surface area contributed by atoms with Gasteiger partial charge >= 0.3 is 0 Å². The first-order chi connectivity index (χ1) is 13.2. The molecular weight excluding hydrogens is 340 g/mol. The Kier molecular flexibility index (Phi) is 5.34. The predicted molar refractivity (Wildman–Crippen MR) is 104 cm³/mol. The summed E-state index contributed by atoms with van der Waals surface area (Å²) in [5.74, 6) is 1.72. The second kappa shape index (κ2) is 8.05. The molecule has 1 unspecified atom stereocenters. The number of ether oxygens (including phenoxy) is 1. The summed E-state index contributed by atoms with van der Waals surface area (Å²) in [5.41, 5.74) is 7.28. The van der Waals surface area contributed by atoms with Crippen LogP contribution < -0.4 is 5.73 Å². The summed E-state index contributed by atoms with van der Waals surface area (Å²) in [5, 5.41) is 0. The highest BCUT2D eigenvalue weighted by Gasteiger charge is 2.28. The van der Waals surface area contributed by atoms with Crippen molar-refractivity contribution in [2.75, 3.05) is 25.4 Å². The second-order valence-electron chi connectivity index (χ2n) is 7.52. The second-order valence-corrected chi connectivity index (χ2v) is 7.52. The van der Waals surface area contributed by atoms with Gasteiger partial charge in [0, 0.05) is 37.0 Å². The van der Waals surface area contributed by atoms with Crippen molar-refractivity contribution in [3.63, 3.8) is 0 Å². The molecule has 1 aliphatic heterocycles. The number of rotatable bonds is 6. The standard InChI is InChI=1S/C21H26N4O2/c22-19-10-11-23-20(24-19)16-6-8-17(9-7-16)21(26)25(13-15-3-1-4-15)14-18-5-2-12-27-18/h6-11,15,18H,1-5,12-14H2,(H2,22,23,24). The molecule has 1 saturated carbocycles. The fourth-order valence-corrected chi connectivity index (χ4v) is 3.72. The van der Waals surface area contributed by atoms with E-state index in [1.54, 1.807) is 12.3 Å². The van der Waals surface area contributed by atoms with Crippen LogP contribution in [0.4, 0.5) is 5.82 Å². The third-order valence-electron chi connectivity index (χ3n) is 5.51. The Morgan fingerprint density at radius 1 is 1.11 bits per heavy atom. The number of benzene rings is 1. The van der Waals surface area contributed by atoms with Crippen molar-refractivity contribution in [1.82, 2.24) is 14.9 Å². The first-order valence-corrected chi connectivity index (χ1v) is 9.79. The van der Waals surface area contributed by atoms with Crippen LogP contribution in [0.15, 0.2) is 36.5 Å². The fraction of sp³-hybridized carbons (Fsp3) is 0.476. The topological polar surface area (TPSA) is 81.3 Å². The number of aromatic nitrogens is 2. The maximum absolute atomic E-state index is 13.1. The molecule has 2 N–H and O–H groups in total. The Hall–Kier alpha value is -2.47. The maximum Gasteiger partial charge on any atom is 0.253 e. The SMILES string of the molecule is Nc1ccnc(-c2ccc(C(=O)N(CC3CCC3)CC3CCCO3)cc2)n1. The Labute approximate surface area is 159 Å². The van der Waals surface area contributed by atoms with E-state index in [1.165, 1.54) is 19.3 Å². The van der Waals surface area contributed by atoms with Crippen LogP contribution in [0.5, 0.6) is 0 Å². The Morgan fingerprint density at radius 3 is 2.56 bits per heavy atom. The molecule has 1 atom stereocenters. The van der Waals surface area contributed by atoms with Gasteiger partial charge in [-0.2, -0.15) is 0 Å². The van der Waals surface area contributed by atoms with Gasteiger partial charge in [-0.15, -0.1) is 0 Å². The molecule has 2 aromatic rings. The smallest absolute Gasteiger partial charge is 0.253 e. The third-order valence-corrected chi connectivity index (χ3v) is 5.51. The van der Waals surface area contributed by atoms with Gasteiger partial charge in [0.25, 0.3) is 5.91 Å². The van der Waals surface area contributed by atoms with Gasteiger partial charge in [0.15, 0.2) is 5.82 Å². The number of amides is 1. The zero-order valence-corrected chi connectivity index (χ0v) is 15.5. The molecule has 6 heteroatoms. The average molecular weight is 366 g/mol. The number of carbonyl (C=O) groups is 1. The molecule has 0 radical (unpaired) electrons. The van der Waals surface area contributed by atoms with Gasteiger partial charge in [-0.25, -0.2) is 9.97 Å². The lowest BCUT2D eigenvalue weighted by Crippen LogP contribution is -2.41. The molecule has 1 aromatic carbocycles. The van der Waals surface area contributed by atoms with E-state index < -0.39 is 0 Å². The first-order valence-electron chi connectivity index (χ1n) is 9.79. The third kappa shape index (κ3) is 4.27. The molecule has 2 fully saturated rings. The molecule has 2 heterocycles. The van der Waals surface area contributed by atoms with Gasteiger partial charge < -0.3 is 15.4 Å². The van der Waals surface area contributed by atoms with Crippen molar-refractivity contribution in [3.05, 3.63) is 42.1 Å². The van der Waals surface area contributed by atoms with E-state index in [9.17, 15) is 4.79 Å². The van der Waals surface area contributed by atoms with E-state index >= 15 is 0 Å². The van der Waals surface area contributed by atoms with Gasteiger partial charge in [0.1, 0.15) is 5.82 Å². The Bertz CT molecular complexity index is 783. The Balaban J connectivity index is 1.49. The maximum atomic E-state index is 13.1. The van der Waals surface area contributed by atoms with E-state index in [0.29, 0.717) is 29.7 Å². The number of nitrogens with two attached hydrogens (primary N) is 1. The molecule has 1 amide bonds. The van der Waals surface area contributed by atoms with Gasteiger partial charge in [0.2, 0.25) is 0 Å². The minimum atomic E-state index is 0.0810. The molecule has 1 saturated heterocycles. The summed E-state index contributed by atoms with van der Waals surface area (Å²) in [6, 6.07) is 9.14. The molecule has 4 rings (SSSR count). The summed E-state index contributed by atoms with van der Waals surface area (Å²) in [6.07, 6.45) is 7.67. The van der Waals surface area contributed by atoms with Crippen LogP contribution in [0.1, 0.15) is 42.5 Å². The highest BCUT2D eigenvalue weighted by atomic mass is 16.5. The van der Waals surface area contributed by atoms with Crippen molar-refractivity contribution in [2.24, 2.45) is 5.92 Å². The van der Waals surface area contributed by atoms with E-state index in [1.807, 2.05) is 29.2 Å². The summed E-state index contributed by atoms with van der Waals surface area (Å²) in [6.45, 7) is 2.33. The molecule has 1 aromatic heterocycles. The van der Waals surface area contributed by atoms with Crippen LogP contribution in [0.3, 0.4) is 0 Å². The highest BCUT2D eigenvalue weighted by molar-refractivity contribution is 5.94. The van der Waals surface area contributed by atoms with Crippen LogP contribution in [-0.2, 0) is 4.74 Å². The van der Waals surface area contributed by atoms with Gasteiger partial charge in [-0.05, 0) is 49.8 Å². The number of nitrogens with zero attached hydrogens (tertiary/aromatic N) is 3. The van der Waals surface area contributed by atoms with E-state index in [-0.39, 0.29) is 12.0 Å². The lowest BCUT2D eigenvalue weighted by atomic mass is 9.85. The summed E-state index contributed by atoms with van der Waals surface area (Å²) < 4.78 is 5.77. The van der Waals surface area contributed by atoms with Crippen LogP contribution in [0.2, 0.25) is 0 Å². The predicted octanol–water partition coefficient (Wildman–Crippen LogP) is 3.15. The highest BCUT2D eigenvalue weighted by Crippen LogP contribution is 2.28. The van der Waals surface area contributed by atoms with Gasteiger partial charge in [0.05, 0.1) is 6.10 Å². The summed E-state index contributed by atoms with van der Waals surface area (Å²) in [4.78, 5) is 23.6. The van der Waals surface area contributed by atoms with Crippen LogP contribution >= 0.6 is 0 Å². The summed E-state index contributed by atoms with van der Waals surface area (Å²) in [7, 11) is 0. The Morgan fingerprint density at radius 2 is 1.93 bits per heavy atom. The molecule has 27 heavy (non-hydrogen) atoms. The van der Waals surface area contributed by atoms with E-state index in [0.717, 1.165) is 31.6 Å². The van der Waals surface area contributed by atoms with Crippen molar-refractivity contribution in [2.45, 2.75) is 38.2 Å². The van der Waals surface area contributed by atoms with Crippen molar-refractivity contribution >= 4 is 11.7 Å². The number of hydrogen-bond acceptors (Lipinski definition) is 5. The zero-order chi connectivity index (χ0) is 18.6. The minimum Gasteiger partial charge on any atom is -0.384 e. The normalized spacial score (nSPS) is 19.6. The first kappa shape index (κ1) is 17.9. The molecule has 1 aliphatic carbocycles. The minimum absolute atomic E-state index is 0.0810. The largest absolute Gasteiger partial charge is 0.384 e. The molecule has 0 bridgehead atoms. The number of hydrogen-bond donors (Lipinski definition) is 1. The number of anilines is 1. The van der Waals surface area contributed by atoms with Crippen molar-refractivity contribution in [1.29, 1.82) is 0 Å². The van der Waals surface area contributed by atoms with Gasteiger partial charge in [-0.1, -0.05) is 18.6 Å². The monoisotopic (exact) mass is 366 g/mol. The molecule has 6 nitrogen and oxygen atoms in total. The molecule has 2 aliphatic rings. The average Bonchev–Trinajstić information content (AvgIpc) is 3.16. The number of nitrogen functional groups attached to an aromatic ring is 1. The fourth-order valence-electron chi connectivity index (χ4n) is 3.72.